The van der Waals surface area contributed by atoms with E-state index in [0.29, 0.717) is 22.5 Å². The summed E-state index contributed by atoms with van der Waals surface area (Å²) in [6.45, 7) is 8.05. The average Bonchev–Trinajstić information content (AvgIpc) is 2.46. The van der Waals surface area contributed by atoms with Crippen LogP contribution in [0.15, 0.2) is 23.0 Å². The molecule has 25 heavy (non-hydrogen) atoms. The van der Waals surface area contributed by atoms with E-state index in [1.807, 2.05) is 11.6 Å². The van der Waals surface area contributed by atoms with Crippen molar-refractivity contribution in [1.29, 1.82) is 0 Å². The van der Waals surface area contributed by atoms with Crippen LogP contribution < -0.4 is 10.9 Å². The van der Waals surface area contributed by atoms with Gasteiger partial charge in [0.2, 0.25) is 0 Å². The number of hydrogen-bond acceptors (Lipinski definition) is 3. The normalized spacial score (nSPS) is 11.1. The molecule has 142 valence electrons. The van der Waals surface area contributed by atoms with Crippen LogP contribution in [-0.2, 0) is 13.0 Å². The number of nitrogens with one attached hydrogen (secondary N) is 1. The van der Waals surface area contributed by atoms with E-state index in [1.165, 1.54) is 0 Å². The molecule has 0 unspecified atom stereocenters. The van der Waals surface area contributed by atoms with E-state index in [0.717, 1.165) is 31.6 Å². The molecule has 0 saturated heterocycles. The van der Waals surface area contributed by atoms with E-state index >= 15 is 0 Å². The lowest BCUT2D eigenvalue weighted by Crippen LogP contribution is -2.30. The Morgan fingerprint density at radius 1 is 1.20 bits per heavy atom. The Kier molecular flexibility index (Phi) is 10.0. The maximum atomic E-state index is 12.9. The summed E-state index contributed by atoms with van der Waals surface area (Å²) < 4.78 is 1.84. The third-order valence-electron chi connectivity index (χ3n) is 3.71. The van der Waals surface area contributed by atoms with Crippen molar-refractivity contribution in [3.63, 3.8) is 0 Å². The Morgan fingerprint density at radius 2 is 1.88 bits per heavy atom. The zero-order valence-electron chi connectivity index (χ0n) is 15.3. The Bertz CT molecular complexity index is 739. The molecule has 0 atom stereocenters. The highest BCUT2D eigenvalue weighted by Gasteiger charge is 2.17. The number of hydrogen-bond donors (Lipinski definition) is 1. The molecule has 0 saturated carbocycles. The molecule has 1 aromatic carbocycles. The van der Waals surface area contributed by atoms with Crippen molar-refractivity contribution >= 4 is 47.3 Å². The second-order valence-electron chi connectivity index (χ2n) is 7.20. The predicted octanol–water partition coefficient (Wildman–Crippen LogP) is 4.48. The van der Waals surface area contributed by atoms with Crippen molar-refractivity contribution in [3.05, 3.63) is 39.4 Å². The Labute approximate surface area is 167 Å². The summed E-state index contributed by atoms with van der Waals surface area (Å²) in [7, 11) is 1.95. The number of unbranched alkanes of at least 4 members (excludes halogenated alkanes) is 1. The summed E-state index contributed by atoms with van der Waals surface area (Å²) in [5.74, 6) is 0.857. The van der Waals surface area contributed by atoms with Gasteiger partial charge in [-0.3, -0.25) is 9.36 Å². The molecule has 2 aromatic rings. The third kappa shape index (κ3) is 6.78. The molecule has 0 aliphatic carbocycles. The van der Waals surface area contributed by atoms with E-state index in [4.69, 9.17) is 16.6 Å². The summed E-state index contributed by atoms with van der Waals surface area (Å²) in [4.78, 5) is 17.6. The van der Waals surface area contributed by atoms with Crippen molar-refractivity contribution in [2.45, 2.75) is 46.6 Å². The fourth-order valence-electron chi connectivity index (χ4n) is 2.65. The second-order valence-corrected chi connectivity index (χ2v) is 7.64. The summed E-state index contributed by atoms with van der Waals surface area (Å²) in [6.07, 6.45) is 2.87. The summed E-state index contributed by atoms with van der Waals surface area (Å²) in [5.41, 5.74) is 0.743. The topological polar surface area (TPSA) is 46.9 Å². The first kappa shape index (κ1) is 24.2. The van der Waals surface area contributed by atoms with Gasteiger partial charge in [-0.05, 0) is 50.0 Å². The van der Waals surface area contributed by atoms with Crippen molar-refractivity contribution in [2.75, 3.05) is 13.6 Å². The lowest BCUT2D eigenvalue weighted by Gasteiger charge is -2.22. The minimum Gasteiger partial charge on any atom is -0.320 e. The van der Waals surface area contributed by atoms with Crippen molar-refractivity contribution in [2.24, 2.45) is 5.41 Å². The molecule has 0 aliphatic rings. The van der Waals surface area contributed by atoms with Crippen LogP contribution in [0.4, 0.5) is 0 Å². The van der Waals surface area contributed by atoms with Crippen LogP contribution in [0.2, 0.25) is 5.02 Å². The van der Waals surface area contributed by atoms with E-state index in [2.05, 4.69) is 26.1 Å². The zero-order chi connectivity index (χ0) is 17.0. The first-order chi connectivity index (χ1) is 10.8. The minimum absolute atomic E-state index is 0. The van der Waals surface area contributed by atoms with Gasteiger partial charge < -0.3 is 5.32 Å². The van der Waals surface area contributed by atoms with Gasteiger partial charge in [-0.1, -0.05) is 32.4 Å². The van der Waals surface area contributed by atoms with Gasteiger partial charge in [0.15, 0.2) is 0 Å². The van der Waals surface area contributed by atoms with Gasteiger partial charge in [-0.25, -0.2) is 4.98 Å². The first-order valence-corrected chi connectivity index (χ1v) is 8.53. The van der Waals surface area contributed by atoms with Gasteiger partial charge in [0.25, 0.3) is 5.56 Å². The fourth-order valence-corrected chi connectivity index (χ4v) is 2.82. The molecule has 0 amide bonds. The number of rotatable bonds is 6. The SMILES string of the molecule is CNCCCCc1nc2cc(Cl)ccc2c(=O)n1CC(C)(C)C.Cl.Cl. The van der Waals surface area contributed by atoms with Crippen molar-refractivity contribution in [3.8, 4) is 0 Å². The number of benzene rings is 1. The standard InChI is InChI=1S/C18H26ClN3O.2ClH/c1-18(2,3)12-22-16(7-5-6-10-20-4)21-15-11-13(19)8-9-14(15)17(22)23;;/h8-9,11,20H,5-7,10,12H2,1-4H3;2*1H. The van der Waals surface area contributed by atoms with Crippen LogP contribution in [0, 0.1) is 5.41 Å². The van der Waals surface area contributed by atoms with Gasteiger partial charge in [0.1, 0.15) is 5.82 Å². The van der Waals surface area contributed by atoms with Crippen LogP contribution >= 0.6 is 36.4 Å². The molecular weight excluding hydrogens is 381 g/mol. The van der Waals surface area contributed by atoms with Gasteiger partial charge in [-0.2, -0.15) is 0 Å². The van der Waals surface area contributed by atoms with Crippen LogP contribution in [0.25, 0.3) is 10.9 Å². The summed E-state index contributed by atoms with van der Waals surface area (Å²) in [5, 5.41) is 4.40. The molecule has 0 fully saturated rings. The highest BCUT2D eigenvalue weighted by molar-refractivity contribution is 6.31. The van der Waals surface area contributed by atoms with Crippen molar-refractivity contribution < 1.29 is 0 Å². The molecule has 2 rings (SSSR count). The summed E-state index contributed by atoms with van der Waals surface area (Å²) in [6, 6.07) is 5.30. The lowest BCUT2D eigenvalue weighted by atomic mass is 9.96. The first-order valence-electron chi connectivity index (χ1n) is 8.15. The van der Waals surface area contributed by atoms with Crippen molar-refractivity contribution in [1.82, 2.24) is 14.9 Å². The van der Waals surface area contributed by atoms with Crippen LogP contribution in [0.5, 0.6) is 0 Å². The molecule has 1 aromatic heterocycles. The van der Waals surface area contributed by atoms with Gasteiger partial charge in [-0.15, -0.1) is 24.8 Å². The molecule has 0 radical (unpaired) electrons. The average molecular weight is 409 g/mol. The molecule has 0 aliphatic heterocycles. The number of aromatic nitrogens is 2. The zero-order valence-corrected chi connectivity index (χ0v) is 17.7. The van der Waals surface area contributed by atoms with E-state index in [-0.39, 0.29) is 35.8 Å². The molecule has 0 bridgehead atoms. The number of aryl methyl sites for hydroxylation is 1. The second kappa shape index (κ2) is 10.4. The van der Waals surface area contributed by atoms with Gasteiger partial charge in [0.05, 0.1) is 10.9 Å². The van der Waals surface area contributed by atoms with Gasteiger partial charge in [0, 0.05) is 18.0 Å². The van der Waals surface area contributed by atoms with Crippen LogP contribution in [0.3, 0.4) is 0 Å². The van der Waals surface area contributed by atoms with E-state index in [9.17, 15) is 4.79 Å². The van der Waals surface area contributed by atoms with E-state index < -0.39 is 0 Å². The van der Waals surface area contributed by atoms with E-state index in [1.54, 1.807) is 18.2 Å². The molecule has 7 heteroatoms. The third-order valence-corrected chi connectivity index (χ3v) is 3.94. The molecular formula is C18H28Cl3N3O. The highest BCUT2D eigenvalue weighted by atomic mass is 35.5. The predicted molar refractivity (Wildman–Crippen MR) is 112 cm³/mol. The van der Waals surface area contributed by atoms with Crippen LogP contribution in [-0.4, -0.2) is 23.1 Å². The number of fused-ring (bicyclic) bond motifs is 1. The fraction of sp³-hybridized carbons (Fsp3) is 0.556. The lowest BCUT2D eigenvalue weighted by molar-refractivity contribution is 0.330. The van der Waals surface area contributed by atoms with Crippen LogP contribution in [0.1, 0.15) is 39.4 Å². The summed E-state index contributed by atoms with van der Waals surface area (Å²) >= 11 is 6.06. The molecule has 1 heterocycles. The largest absolute Gasteiger partial charge is 0.320 e. The quantitative estimate of drug-likeness (QED) is 0.717. The monoisotopic (exact) mass is 407 g/mol. The molecule has 0 spiro atoms. The molecule has 1 N–H and O–H groups in total. The Balaban J connectivity index is 0.00000288. The maximum Gasteiger partial charge on any atom is 0.261 e. The Morgan fingerprint density at radius 3 is 2.48 bits per heavy atom. The minimum atomic E-state index is 0. The Hall–Kier alpha value is -0.810. The smallest absolute Gasteiger partial charge is 0.261 e. The highest BCUT2D eigenvalue weighted by Crippen LogP contribution is 2.20. The number of halogens is 3. The maximum absolute atomic E-state index is 12.9. The van der Waals surface area contributed by atoms with Gasteiger partial charge >= 0.3 is 0 Å². The number of nitrogens with zero attached hydrogens (tertiary/aromatic N) is 2. The molecule has 4 nitrogen and oxygen atoms in total.